The van der Waals surface area contributed by atoms with E-state index in [4.69, 9.17) is 4.74 Å². The van der Waals surface area contributed by atoms with Gasteiger partial charge in [-0.2, -0.15) is 0 Å². The van der Waals surface area contributed by atoms with Gasteiger partial charge in [0.05, 0.1) is 19.6 Å². The molecular weight excluding hydrogens is 208 g/mol. The van der Waals surface area contributed by atoms with Crippen LogP contribution in [0.5, 0.6) is 0 Å². The number of esters is 2. The lowest BCUT2D eigenvalue weighted by Crippen LogP contribution is -2.31. The average molecular weight is 230 g/mol. The minimum atomic E-state index is -0.442. The quantitative estimate of drug-likeness (QED) is 0.630. The molecule has 0 rings (SSSR count). The van der Waals surface area contributed by atoms with Gasteiger partial charge in [0, 0.05) is 6.42 Å². The summed E-state index contributed by atoms with van der Waals surface area (Å²) in [6.07, 6.45) is 3.15. The number of carbonyl (C=O) groups excluding carboxylic acids is 2. The van der Waals surface area contributed by atoms with Gasteiger partial charge in [-0.1, -0.05) is 13.8 Å². The van der Waals surface area contributed by atoms with Crippen molar-refractivity contribution >= 4 is 11.9 Å². The summed E-state index contributed by atoms with van der Waals surface area (Å²) in [6.45, 7) is 3.94. The van der Waals surface area contributed by atoms with Crippen molar-refractivity contribution in [1.29, 1.82) is 0 Å². The highest BCUT2D eigenvalue weighted by molar-refractivity contribution is 5.76. The first-order valence-electron chi connectivity index (χ1n) is 5.71. The summed E-state index contributed by atoms with van der Waals surface area (Å²) in [5, 5.41) is 0. The molecule has 0 radical (unpaired) electrons. The Hall–Kier alpha value is -1.06. The molecule has 0 aliphatic heterocycles. The van der Waals surface area contributed by atoms with E-state index in [1.165, 1.54) is 14.2 Å². The average Bonchev–Trinajstić information content (AvgIpc) is 2.33. The SMILES string of the molecule is CCC(CC)(CCCC(=O)OC)C(=O)OC. The highest BCUT2D eigenvalue weighted by atomic mass is 16.5. The van der Waals surface area contributed by atoms with E-state index in [9.17, 15) is 9.59 Å². The number of rotatable bonds is 7. The first kappa shape index (κ1) is 14.9. The molecule has 0 aromatic heterocycles. The topological polar surface area (TPSA) is 52.6 Å². The van der Waals surface area contributed by atoms with Gasteiger partial charge in [0.25, 0.3) is 0 Å². The molecule has 0 aromatic rings. The first-order valence-corrected chi connectivity index (χ1v) is 5.71. The van der Waals surface area contributed by atoms with E-state index in [1.807, 2.05) is 13.8 Å². The number of hydrogen-bond acceptors (Lipinski definition) is 4. The van der Waals surface area contributed by atoms with Crippen LogP contribution in [0.2, 0.25) is 0 Å². The Morgan fingerprint density at radius 2 is 1.62 bits per heavy atom. The Morgan fingerprint density at radius 3 is 2.00 bits per heavy atom. The van der Waals surface area contributed by atoms with Crippen LogP contribution in [0, 0.1) is 5.41 Å². The van der Waals surface area contributed by atoms with E-state index in [0.29, 0.717) is 19.3 Å². The van der Waals surface area contributed by atoms with Crippen molar-refractivity contribution in [2.45, 2.75) is 46.0 Å². The predicted molar refractivity (Wildman–Crippen MR) is 60.9 cm³/mol. The third kappa shape index (κ3) is 3.83. The molecule has 94 valence electrons. The van der Waals surface area contributed by atoms with Gasteiger partial charge in [-0.3, -0.25) is 9.59 Å². The van der Waals surface area contributed by atoms with Crippen LogP contribution in [0.4, 0.5) is 0 Å². The van der Waals surface area contributed by atoms with E-state index in [0.717, 1.165) is 12.8 Å². The van der Waals surface area contributed by atoms with Gasteiger partial charge in [0.1, 0.15) is 0 Å². The van der Waals surface area contributed by atoms with Crippen molar-refractivity contribution in [3.05, 3.63) is 0 Å². The summed E-state index contributed by atoms with van der Waals surface area (Å²) >= 11 is 0. The molecule has 0 heterocycles. The third-order valence-electron chi connectivity index (χ3n) is 3.24. The lowest BCUT2D eigenvalue weighted by atomic mass is 9.78. The van der Waals surface area contributed by atoms with Crippen LogP contribution < -0.4 is 0 Å². The molecule has 0 saturated heterocycles. The Morgan fingerprint density at radius 1 is 1.06 bits per heavy atom. The van der Waals surface area contributed by atoms with E-state index in [1.54, 1.807) is 0 Å². The van der Waals surface area contributed by atoms with Crippen molar-refractivity contribution in [3.63, 3.8) is 0 Å². The zero-order valence-corrected chi connectivity index (χ0v) is 10.7. The van der Waals surface area contributed by atoms with Crippen LogP contribution in [0.15, 0.2) is 0 Å². The lowest BCUT2D eigenvalue weighted by Gasteiger charge is -2.28. The van der Waals surface area contributed by atoms with Gasteiger partial charge < -0.3 is 9.47 Å². The van der Waals surface area contributed by atoms with Crippen LogP contribution in [-0.2, 0) is 19.1 Å². The summed E-state index contributed by atoms with van der Waals surface area (Å²) in [5.74, 6) is -0.409. The van der Waals surface area contributed by atoms with E-state index < -0.39 is 5.41 Å². The van der Waals surface area contributed by atoms with Gasteiger partial charge in [-0.15, -0.1) is 0 Å². The smallest absolute Gasteiger partial charge is 0.311 e. The molecule has 0 N–H and O–H groups in total. The van der Waals surface area contributed by atoms with E-state index in [2.05, 4.69) is 4.74 Å². The van der Waals surface area contributed by atoms with Crippen molar-refractivity contribution in [2.75, 3.05) is 14.2 Å². The molecule has 0 saturated carbocycles. The maximum Gasteiger partial charge on any atom is 0.311 e. The molecule has 0 aliphatic carbocycles. The Bertz CT molecular complexity index is 231. The maximum absolute atomic E-state index is 11.7. The minimum absolute atomic E-state index is 0.178. The molecule has 0 aliphatic rings. The minimum Gasteiger partial charge on any atom is -0.469 e. The first-order chi connectivity index (χ1) is 7.56. The van der Waals surface area contributed by atoms with Crippen LogP contribution in [0.25, 0.3) is 0 Å². The molecule has 0 bridgehead atoms. The Kier molecular flexibility index (Phi) is 6.77. The zero-order valence-electron chi connectivity index (χ0n) is 10.7. The number of methoxy groups -OCH3 is 2. The van der Waals surface area contributed by atoms with Crippen molar-refractivity contribution in [3.8, 4) is 0 Å². The normalized spacial score (nSPS) is 11.0. The molecule has 0 unspecified atom stereocenters. The summed E-state index contributed by atoms with van der Waals surface area (Å²) < 4.78 is 9.39. The molecule has 0 fully saturated rings. The fourth-order valence-corrected chi connectivity index (χ4v) is 1.88. The van der Waals surface area contributed by atoms with Crippen LogP contribution in [-0.4, -0.2) is 26.2 Å². The molecule has 0 amide bonds. The summed E-state index contributed by atoms with van der Waals surface area (Å²) in [7, 11) is 2.78. The Balaban J connectivity index is 4.33. The van der Waals surface area contributed by atoms with Gasteiger partial charge in [0.15, 0.2) is 0 Å². The highest BCUT2D eigenvalue weighted by Crippen LogP contribution is 2.33. The lowest BCUT2D eigenvalue weighted by molar-refractivity contribution is -0.154. The van der Waals surface area contributed by atoms with Gasteiger partial charge in [-0.05, 0) is 25.7 Å². The molecule has 4 heteroatoms. The summed E-state index contributed by atoms with van der Waals surface area (Å²) in [5.41, 5.74) is -0.442. The highest BCUT2D eigenvalue weighted by Gasteiger charge is 2.35. The number of hydrogen-bond donors (Lipinski definition) is 0. The molecule has 0 aromatic carbocycles. The number of carbonyl (C=O) groups is 2. The zero-order chi connectivity index (χ0) is 12.6. The van der Waals surface area contributed by atoms with Crippen molar-refractivity contribution < 1.29 is 19.1 Å². The number of ether oxygens (including phenoxy) is 2. The van der Waals surface area contributed by atoms with Crippen molar-refractivity contribution in [2.24, 2.45) is 5.41 Å². The molecule has 0 atom stereocenters. The summed E-state index contributed by atoms with van der Waals surface area (Å²) in [6, 6.07) is 0. The fourth-order valence-electron chi connectivity index (χ4n) is 1.88. The van der Waals surface area contributed by atoms with Crippen LogP contribution in [0.1, 0.15) is 46.0 Å². The fraction of sp³-hybridized carbons (Fsp3) is 0.833. The molecule has 4 nitrogen and oxygen atoms in total. The van der Waals surface area contributed by atoms with E-state index in [-0.39, 0.29) is 11.9 Å². The van der Waals surface area contributed by atoms with Gasteiger partial charge in [-0.25, -0.2) is 0 Å². The van der Waals surface area contributed by atoms with E-state index >= 15 is 0 Å². The van der Waals surface area contributed by atoms with Gasteiger partial charge in [0.2, 0.25) is 0 Å². The van der Waals surface area contributed by atoms with Gasteiger partial charge >= 0.3 is 11.9 Å². The van der Waals surface area contributed by atoms with Crippen molar-refractivity contribution in [1.82, 2.24) is 0 Å². The molecule has 0 spiro atoms. The largest absolute Gasteiger partial charge is 0.469 e. The standard InChI is InChI=1S/C12H22O4/c1-5-12(6-2,11(14)16-4)9-7-8-10(13)15-3/h5-9H2,1-4H3. The second-order valence-corrected chi connectivity index (χ2v) is 3.91. The Labute approximate surface area is 97.3 Å². The third-order valence-corrected chi connectivity index (χ3v) is 3.24. The summed E-state index contributed by atoms with van der Waals surface area (Å²) in [4.78, 5) is 22.7. The molecular formula is C12H22O4. The second-order valence-electron chi connectivity index (χ2n) is 3.91. The predicted octanol–water partition coefficient (Wildman–Crippen LogP) is 2.31. The maximum atomic E-state index is 11.7. The van der Waals surface area contributed by atoms with Crippen LogP contribution in [0.3, 0.4) is 0 Å². The molecule has 16 heavy (non-hydrogen) atoms. The second kappa shape index (κ2) is 7.25. The van der Waals surface area contributed by atoms with Crippen LogP contribution >= 0.6 is 0 Å². The monoisotopic (exact) mass is 230 g/mol.